The van der Waals surface area contributed by atoms with Gasteiger partial charge in [0.05, 0.1) is 24.4 Å². The molecule has 1 aliphatic rings. The van der Waals surface area contributed by atoms with Crippen molar-refractivity contribution in [1.29, 1.82) is 0 Å². The molecule has 0 amide bonds. The van der Waals surface area contributed by atoms with E-state index in [4.69, 9.17) is 15.3 Å². The smallest absolute Gasteiger partial charge is 0.0989 e. The second kappa shape index (κ2) is 2.84. The number of nitrogens with one attached hydrogen (secondary N) is 1. The van der Waals surface area contributed by atoms with Gasteiger partial charge in [-0.15, -0.1) is 0 Å². The van der Waals surface area contributed by atoms with Crippen LogP contribution in [0.5, 0.6) is 0 Å². The Balaban J connectivity index is 2.49. The lowest BCUT2D eigenvalue weighted by atomic mass is 10.1. The van der Waals surface area contributed by atoms with Crippen LogP contribution in [0.25, 0.3) is 0 Å². The summed E-state index contributed by atoms with van der Waals surface area (Å²) < 4.78 is 0. The van der Waals surface area contributed by atoms with Gasteiger partial charge in [0.2, 0.25) is 0 Å². The molecule has 4 nitrogen and oxygen atoms in total. The van der Waals surface area contributed by atoms with Crippen LogP contribution >= 0.6 is 0 Å². The largest absolute Gasteiger partial charge is 0.392 e. The van der Waals surface area contributed by atoms with Crippen LogP contribution in [0.3, 0.4) is 0 Å². The summed E-state index contributed by atoms with van der Waals surface area (Å²) >= 11 is 0. The Hall–Kier alpha value is -0.160. The van der Waals surface area contributed by atoms with E-state index in [1.807, 2.05) is 0 Å². The first-order chi connectivity index (χ1) is 4.63. The van der Waals surface area contributed by atoms with Gasteiger partial charge in [-0.25, -0.2) is 0 Å². The molecule has 10 heavy (non-hydrogen) atoms. The topological polar surface area (TPSA) is 72.7 Å². The van der Waals surface area contributed by atoms with E-state index in [0.717, 1.165) is 0 Å². The molecule has 1 fully saturated rings. The summed E-state index contributed by atoms with van der Waals surface area (Å²) in [4.78, 5) is 0. The molecule has 60 valence electrons. The Morgan fingerprint density at radius 2 is 2.10 bits per heavy atom. The molecule has 1 heterocycles. The highest BCUT2D eigenvalue weighted by Gasteiger charge is 2.35. The Kier molecular flexibility index (Phi) is 2.25. The van der Waals surface area contributed by atoms with Gasteiger partial charge in [0, 0.05) is 6.54 Å². The van der Waals surface area contributed by atoms with Crippen LogP contribution in [0.4, 0.5) is 0 Å². The number of rotatable bonds is 1. The zero-order chi connectivity index (χ0) is 7.72. The standard InChI is InChI=1S/C6H13NO3/c1-3(8)5-6(10)4(9)2-7-5/h3-10H,2H2,1H3/t3-,4-,5-,6-/m0/s1. The summed E-state index contributed by atoms with van der Waals surface area (Å²) in [7, 11) is 0. The zero-order valence-corrected chi connectivity index (χ0v) is 5.86. The molecular formula is C6H13NO3. The maximum absolute atomic E-state index is 9.16. The van der Waals surface area contributed by atoms with E-state index in [-0.39, 0.29) is 6.04 Å². The second-order valence-electron chi connectivity index (χ2n) is 2.73. The van der Waals surface area contributed by atoms with Crippen molar-refractivity contribution >= 4 is 0 Å². The highest BCUT2D eigenvalue weighted by atomic mass is 16.3. The van der Waals surface area contributed by atoms with Gasteiger partial charge < -0.3 is 20.6 Å². The number of hydrogen-bond donors (Lipinski definition) is 4. The number of hydrogen-bond acceptors (Lipinski definition) is 4. The van der Waals surface area contributed by atoms with Gasteiger partial charge in [0.15, 0.2) is 0 Å². The van der Waals surface area contributed by atoms with Crippen molar-refractivity contribution in [3.63, 3.8) is 0 Å². The van der Waals surface area contributed by atoms with Crippen LogP contribution in [0.1, 0.15) is 6.92 Å². The van der Waals surface area contributed by atoms with E-state index in [9.17, 15) is 0 Å². The van der Waals surface area contributed by atoms with E-state index in [0.29, 0.717) is 6.54 Å². The van der Waals surface area contributed by atoms with Gasteiger partial charge in [0.1, 0.15) is 0 Å². The molecule has 1 rings (SSSR count). The monoisotopic (exact) mass is 147 g/mol. The van der Waals surface area contributed by atoms with Gasteiger partial charge in [0.25, 0.3) is 0 Å². The first-order valence-corrected chi connectivity index (χ1v) is 3.40. The maximum atomic E-state index is 9.16. The lowest BCUT2D eigenvalue weighted by molar-refractivity contribution is 0.0114. The Morgan fingerprint density at radius 3 is 2.30 bits per heavy atom. The summed E-state index contributed by atoms with van der Waals surface area (Å²) in [5, 5.41) is 30.0. The van der Waals surface area contributed by atoms with Crippen LogP contribution in [0.2, 0.25) is 0 Å². The average molecular weight is 147 g/mol. The minimum atomic E-state index is -0.833. The third-order valence-electron chi connectivity index (χ3n) is 1.84. The van der Waals surface area contributed by atoms with Crippen molar-refractivity contribution in [2.75, 3.05) is 6.54 Å². The normalized spacial score (nSPS) is 43.8. The molecule has 1 aliphatic heterocycles. The molecular weight excluding hydrogens is 134 g/mol. The van der Waals surface area contributed by atoms with Gasteiger partial charge in [-0.1, -0.05) is 0 Å². The number of aliphatic hydroxyl groups is 3. The van der Waals surface area contributed by atoms with Gasteiger partial charge in [-0.2, -0.15) is 0 Å². The molecule has 4 heteroatoms. The lowest BCUT2D eigenvalue weighted by Gasteiger charge is -2.18. The first kappa shape index (κ1) is 7.94. The Morgan fingerprint density at radius 1 is 1.50 bits per heavy atom. The van der Waals surface area contributed by atoms with Crippen LogP contribution in [-0.4, -0.2) is 46.2 Å². The van der Waals surface area contributed by atoms with E-state index < -0.39 is 18.3 Å². The molecule has 4 atom stereocenters. The van der Waals surface area contributed by atoms with E-state index in [2.05, 4.69) is 5.32 Å². The highest BCUT2D eigenvalue weighted by Crippen LogP contribution is 2.10. The van der Waals surface area contributed by atoms with Crippen molar-refractivity contribution in [3.8, 4) is 0 Å². The quantitative estimate of drug-likeness (QED) is 0.348. The fourth-order valence-electron chi connectivity index (χ4n) is 1.19. The molecule has 0 aromatic rings. The Bertz CT molecular complexity index is 118. The molecule has 0 aromatic heterocycles. The fourth-order valence-corrected chi connectivity index (χ4v) is 1.19. The van der Waals surface area contributed by atoms with Crippen LogP contribution in [-0.2, 0) is 0 Å². The summed E-state index contributed by atoms with van der Waals surface area (Å²) in [6.07, 6.45) is -2.19. The third kappa shape index (κ3) is 1.29. The first-order valence-electron chi connectivity index (χ1n) is 3.40. The minimum absolute atomic E-state index is 0.358. The van der Waals surface area contributed by atoms with Crippen molar-refractivity contribution in [2.45, 2.75) is 31.3 Å². The molecule has 0 unspecified atom stereocenters. The van der Waals surface area contributed by atoms with E-state index in [1.165, 1.54) is 0 Å². The molecule has 0 saturated carbocycles. The highest BCUT2D eigenvalue weighted by molar-refractivity contribution is 4.92. The molecule has 0 radical (unpaired) electrons. The average Bonchev–Trinajstić information content (AvgIpc) is 2.14. The molecule has 4 N–H and O–H groups in total. The number of aliphatic hydroxyl groups excluding tert-OH is 3. The van der Waals surface area contributed by atoms with Crippen molar-refractivity contribution in [3.05, 3.63) is 0 Å². The van der Waals surface area contributed by atoms with Crippen molar-refractivity contribution in [1.82, 2.24) is 5.32 Å². The molecule has 0 spiro atoms. The summed E-state index contributed by atoms with van der Waals surface area (Å²) in [6, 6.07) is -0.380. The van der Waals surface area contributed by atoms with E-state index >= 15 is 0 Å². The van der Waals surface area contributed by atoms with Gasteiger partial charge >= 0.3 is 0 Å². The minimum Gasteiger partial charge on any atom is -0.392 e. The molecule has 0 aromatic carbocycles. The van der Waals surface area contributed by atoms with Crippen molar-refractivity contribution in [2.24, 2.45) is 0 Å². The fraction of sp³-hybridized carbons (Fsp3) is 1.00. The number of β-amino-alcohol motifs (C(OH)–C–C–N with tert-alkyl or cyclic N) is 1. The molecule has 0 bridgehead atoms. The van der Waals surface area contributed by atoms with Crippen LogP contribution in [0, 0.1) is 0 Å². The van der Waals surface area contributed by atoms with Crippen LogP contribution in [0.15, 0.2) is 0 Å². The summed E-state index contributed by atoms with van der Waals surface area (Å²) in [5.74, 6) is 0. The molecule has 0 aliphatic carbocycles. The van der Waals surface area contributed by atoms with Crippen molar-refractivity contribution < 1.29 is 15.3 Å². The van der Waals surface area contributed by atoms with E-state index in [1.54, 1.807) is 6.92 Å². The SMILES string of the molecule is C[C@H](O)[C@@H]1NC[C@H](O)[C@@H]1O. The third-order valence-corrected chi connectivity index (χ3v) is 1.84. The van der Waals surface area contributed by atoms with Crippen LogP contribution < -0.4 is 5.32 Å². The van der Waals surface area contributed by atoms with Gasteiger partial charge in [-0.05, 0) is 6.92 Å². The predicted octanol–water partition coefficient (Wildman–Crippen LogP) is -1.94. The summed E-state index contributed by atoms with van der Waals surface area (Å²) in [6.45, 7) is 1.94. The second-order valence-corrected chi connectivity index (χ2v) is 2.73. The summed E-state index contributed by atoms with van der Waals surface area (Å²) in [5.41, 5.74) is 0. The zero-order valence-electron chi connectivity index (χ0n) is 5.86. The lowest BCUT2D eigenvalue weighted by Crippen LogP contribution is -2.41. The molecule has 1 saturated heterocycles. The Labute approximate surface area is 59.5 Å². The predicted molar refractivity (Wildman–Crippen MR) is 35.5 cm³/mol. The maximum Gasteiger partial charge on any atom is 0.0989 e. The van der Waals surface area contributed by atoms with Gasteiger partial charge in [-0.3, -0.25) is 0 Å².